The van der Waals surface area contributed by atoms with Crippen molar-refractivity contribution in [1.82, 2.24) is 4.48 Å². The quantitative estimate of drug-likeness (QED) is 0.158. The van der Waals surface area contributed by atoms with E-state index in [0.717, 1.165) is 4.48 Å². The average Bonchev–Trinajstić information content (AvgIpc) is 3.79. The summed E-state index contributed by atoms with van der Waals surface area (Å²) in [7, 11) is 2.51. The van der Waals surface area contributed by atoms with Gasteiger partial charge in [-0.15, -0.1) is 0 Å². The standard InChI is InChI=1S/C39H27BN5.Po/c1-45(25-42-35-15-7-9-17-39(35)45)27-19-21-31-29-11-3-5-13-33(29)40-32-12-4-2-10-28(32)30-20-18-26(22-37(30)44(40)38(31)23-27)43-24-41-34-14-6-8-16-36(34)43;/h2-21,24-25,41-42H,1H3;/q+1;. The first-order valence-corrected chi connectivity index (χ1v) is 23.1. The third kappa shape index (κ3) is 2.18. The van der Waals surface area contributed by atoms with Crippen LogP contribution in [-0.4, -0.2) is 42.1 Å². The van der Waals surface area contributed by atoms with Crippen molar-refractivity contribution in [2.75, 3.05) is 27.4 Å². The maximum absolute atomic E-state index is 4.29. The second-order valence-electron chi connectivity index (χ2n) is 13.7. The van der Waals surface area contributed by atoms with Crippen molar-refractivity contribution < 1.29 is 0 Å². The number of hydrogen-bond acceptors (Lipinski definition) is 4. The van der Waals surface area contributed by atoms with E-state index in [4.69, 9.17) is 0 Å². The van der Waals surface area contributed by atoms with E-state index in [2.05, 4.69) is 149 Å². The van der Waals surface area contributed by atoms with Gasteiger partial charge in [-0.1, -0.05) is 0 Å². The van der Waals surface area contributed by atoms with Gasteiger partial charge in [0.15, 0.2) is 0 Å². The Labute approximate surface area is 271 Å². The SMILES string of the molecule is C[N+]12c3ccccc3N[CH]1[Po]13[c]4c(ccc5c4N4B(c6ccccc6-5)c5ccccc5-c5ccc2[c]1c54)N1c2ccccc2N[CH]13. The van der Waals surface area contributed by atoms with Gasteiger partial charge < -0.3 is 0 Å². The van der Waals surface area contributed by atoms with Gasteiger partial charge in [0.05, 0.1) is 0 Å². The normalized spacial score (nSPS) is 27.3. The Balaban J connectivity index is 1.28. The van der Waals surface area contributed by atoms with Crippen LogP contribution in [0.3, 0.4) is 0 Å². The van der Waals surface area contributed by atoms with E-state index in [9.17, 15) is 0 Å². The summed E-state index contributed by atoms with van der Waals surface area (Å²) in [5, 5.41) is 8.52. The first kappa shape index (κ1) is 23.7. The van der Waals surface area contributed by atoms with Gasteiger partial charge in [-0.3, -0.25) is 0 Å². The van der Waals surface area contributed by atoms with Gasteiger partial charge in [-0.25, -0.2) is 0 Å². The molecular formula is C39H27BN5Po+. The van der Waals surface area contributed by atoms with E-state index < -0.39 is 20.6 Å². The molecule has 2 N–H and O–H groups in total. The number of fused-ring (bicyclic) bond motifs is 14. The second kappa shape index (κ2) is 7.36. The Kier molecular flexibility index (Phi) is 3.80. The molecule has 1 spiro atoms. The molecule has 0 bridgehead atoms. The minimum absolute atomic E-state index is 0.145. The van der Waals surface area contributed by atoms with Crippen LogP contribution in [0, 0.1) is 0 Å². The molecule has 7 heterocycles. The summed E-state index contributed by atoms with van der Waals surface area (Å²) >= 11 is -3.87. The molecule has 216 valence electrons. The van der Waals surface area contributed by atoms with Crippen LogP contribution in [0.2, 0.25) is 0 Å². The van der Waals surface area contributed by atoms with Crippen LogP contribution in [-0.2, 0) is 0 Å². The molecule has 0 saturated carbocycles. The van der Waals surface area contributed by atoms with Crippen LogP contribution in [0.4, 0.5) is 45.5 Å². The average molecular weight is 785 g/mol. The summed E-state index contributed by atoms with van der Waals surface area (Å²) in [5.41, 5.74) is 19.6. The Bertz CT molecular complexity index is 2480. The van der Waals surface area contributed by atoms with Crippen molar-refractivity contribution >= 4 is 90.3 Å². The van der Waals surface area contributed by atoms with Crippen LogP contribution < -0.4 is 42.2 Å². The fourth-order valence-electron chi connectivity index (χ4n) is 10.4. The molecule has 4 unspecified atom stereocenters. The molecule has 0 radical (unpaired) electrons. The number of nitrogens with one attached hydrogen (secondary N) is 2. The molecular weight excluding hydrogens is 758 g/mol. The van der Waals surface area contributed by atoms with Crippen molar-refractivity contribution in [2.24, 2.45) is 0 Å². The Hall–Kier alpha value is -4.56. The summed E-state index contributed by atoms with van der Waals surface area (Å²) < 4.78 is 4.71. The summed E-state index contributed by atoms with van der Waals surface area (Å²) in [5.74, 6) is 0. The van der Waals surface area contributed by atoms with E-state index in [1.807, 2.05) is 0 Å². The van der Waals surface area contributed by atoms with Crippen molar-refractivity contribution in [1.29, 1.82) is 0 Å². The number of rotatable bonds is 0. The van der Waals surface area contributed by atoms with E-state index >= 15 is 0 Å². The Morgan fingerprint density at radius 3 is 2.04 bits per heavy atom. The van der Waals surface area contributed by atoms with Crippen molar-refractivity contribution in [3.05, 3.63) is 121 Å². The molecule has 6 aromatic rings. The van der Waals surface area contributed by atoms with E-state index in [0.29, 0.717) is 0 Å². The molecule has 0 fully saturated rings. The van der Waals surface area contributed by atoms with Gasteiger partial charge in [-0.05, 0) is 0 Å². The molecule has 13 rings (SSSR count). The van der Waals surface area contributed by atoms with Crippen LogP contribution in [0.15, 0.2) is 121 Å². The molecule has 7 heteroatoms. The first-order valence-electron chi connectivity index (χ1n) is 16.2. The zero-order valence-electron chi connectivity index (χ0n) is 25.0. The number of quaternary nitrogens is 1. The molecule has 0 aromatic heterocycles. The fraction of sp³-hybridized carbons (Fsp3) is 0.0769. The maximum atomic E-state index is 4.29. The first-order chi connectivity index (χ1) is 22.7. The molecule has 46 heavy (non-hydrogen) atoms. The Morgan fingerprint density at radius 1 is 0.587 bits per heavy atom. The molecule has 7 aliphatic rings. The van der Waals surface area contributed by atoms with Crippen LogP contribution in [0.1, 0.15) is 0 Å². The second-order valence-corrected chi connectivity index (χ2v) is 25.9. The van der Waals surface area contributed by atoms with Crippen LogP contribution >= 0.6 is 0 Å². The molecule has 4 atom stereocenters. The predicted octanol–water partition coefficient (Wildman–Crippen LogP) is 5.48. The zero-order valence-corrected chi connectivity index (χ0v) is 28.2. The summed E-state index contributed by atoms with van der Waals surface area (Å²) in [6, 6.07) is 46.5. The molecule has 6 aromatic carbocycles. The van der Waals surface area contributed by atoms with Gasteiger partial charge in [0.2, 0.25) is 0 Å². The third-order valence-corrected chi connectivity index (χ3v) is 29.3. The number of hydrogen-bond donors (Lipinski definition) is 2. The van der Waals surface area contributed by atoms with E-state index in [-0.39, 0.29) is 14.5 Å². The fourth-order valence-corrected chi connectivity index (χ4v) is 32.2. The van der Waals surface area contributed by atoms with Gasteiger partial charge in [0.25, 0.3) is 0 Å². The van der Waals surface area contributed by atoms with Crippen LogP contribution in [0.25, 0.3) is 22.3 Å². The predicted molar refractivity (Wildman–Crippen MR) is 193 cm³/mol. The van der Waals surface area contributed by atoms with Gasteiger partial charge in [-0.2, -0.15) is 0 Å². The minimum atomic E-state index is -3.87. The van der Waals surface area contributed by atoms with Gasteiger partial charge in [0.1, 0.15) is 0 Å². The molecule has 7 aliphatic heterocycles. The molecule has 0 aliphatic carbocycles. The molecule has 5 nitrogen and oxygen atoms in total. The summed E-state index contributed by atoms with van der Waals surface area (Å²) in [4.78, 5) is 5.54. The van der Waals surface area contributed by atoms with Gasteiger partial charge in [0, 0.05) is 0 Å². The van der Waals surface area contributed by atoms with Crippen molar-refractivity contribution in [3.63, 3.8) is 0 Å². The number of nitrogens with zero attached hydrogens (tertiary/aromatic N) is 3. The van der Waals surface area contributed by atoms with E-state index in [1.54, 1.807) is 6.44 Å². The third-order valence-electron chi connectivity index (χ3n) is 12.0. The number of para-hydroxylation sites is 4. The number of benzene rings is 6. The van der Waals surface area contributed by atoms with Gasteiger partial charge >= 0.3 is 273 Å². The zero-order chi connectivity index (χ0) is 29.7. The summed E-state index contributed by atoms with van der Waals surface area (Å²) in [6.07, 6.45) is 0. The van der Waals surface area contributed by atoms with E-state index in [1.165, 1.54) is 78.7 Å². The molecule has 0 amide bonds. The van der Waals surface area contributed by atoms with Crippen molar-refractivity contribution in [3.8, 4) is 22.3 Å². The topological polar surface area (TPSA) is 30.5 Å². The van der Waals surface area contributed by atoms with Crippen molar-refractivity contribution in [2.45, 2.75) is 7.65 Å². The van der Waals surface area contributed by atoms with Crippen LogP contribution in [0.5, 0.6) is 0 Å². The molecule has 0 saturated heterocycles. The monoisotopic (exact) mass is 785 g/mol. The summed E-state index contributed by atoms with van der Waals surface area (Å²) in [6.45, 7) is 0.145. The Morgan fingerprint density at radius 2 is 1.24 bits per heavy atom. The number of anilines is 6.